The molecular weight excluding hydrogens is 434 g/mol. The second-order valence-electron chi connectivity index (χ2n) is 6.09. The number of nitrogens with one attached hydrogen (secondary N) is 1. The molecule has 0 unspecified atom stereocenters. The Morgan fingerprint density at radius 1 is 1.14 bits per heavy atom. The van der Waals surface area contributed by atoms with Gasteiger partial charge in [0.15, 0.2) is 11.5 Å². The number of anilines is 1. The van der Waals surface area contributed by atoms with E-state index in [0.717, 1.165) is 11.1 Å². The van der Waals surface area contributed by atoms with Gasteiger partial charge in [0.05, 0.1) is 23.4 Å². The summed E-state index contributed by atoms with van der Waals surface area (Å²) in [5.41, 5.74) is 10.8. The fourth-order valence-corrected chi connectivity index (χ4v) is 3.19. The van der Waals surface area contributed by atoms with E-state index in [1.165, 1.54) is 6.21 Å². The Labute approximate surface area is 177 Å². The molecule has 0 saturated heterocycles. The number of rotatable bonds is 7. The number of hydrogen-bond donors (Lipinski definition) is 2. The van der Waals surface area contributed by atoms with Gasteiger partial charge in [-0.3, -0.25) is 4.79 Å². The molecule has 0 aliphatic rings. The normalized spacial score (nSPS) is 10.7. The number of carbonyl (C=O) groups excluding carboxylic acids is 1. The van der Waals surface area contributed by atoms with E-state index >= 15 is 0 Å². The standard InChI is InChI=1S/C22H20BrN3O3/c1-28-20-12-16(13-25-26-22(27)17-9-5-6-10-19(17)24)11-18(23)21(20)29-14-15-7-3-2-4-8-15/h2-13H,14,24H2,1H3,(H,26,27)/b25-13+. The highest BCUT2D eigenvalue weighted by molar-refractivity contribution is 9.10. The number of hydrogen-bond acceptors (Lipinski definition) is 5. The fraction of sp³-hybridized carbons (Fsp3) is 0.0909. The van der Waals surface area contributed by atoms with Gasteiger partial charge in [0.1, 0.15) is 6.61 Å². The van der Waals surface area contributed by atoms with Crippen molar-refractivity contribution in [3.63, 3.8) is 0 Å². The number of nitrogen functional groups attached to an aromatic ring is 1. The number of nitrogens with zero attached hydrogens (tertiary/aromatic N) is 1. The molecule has 0 aliphatic heterocycles. The average Bonchev–Trinajstić information content (AvgIpc) is 2.73. The van der Waals surface area contributed by atoms with E-state index in [4.69, 9.17) is 15.2 Å². The van der Waals surface area contributed by atoms with Crippen molar-refractivity contribution < 1.29 is 14.3 Å². The minimum absolute atomic E-state index is 0.369. The lowest BCUT2D eigenvalue weighted by Crippen LogP contribution is -2.19. The number of nitrogens with two attached hydrogens (primary N) is 1. The lowest BCUT2D eigenvalue weighted by Gasteiger charge is -2.13. The zero-order chi connectivity index (χ0) is 20.6. The first-order valence-corrected chi connectivity index (χ1v) is 9.60. The number of ether oxygens (including phenoxy) is 2. The third-order valence-corrected chi connectivity index (χ3v) is 4.65. The predicted molar refractivity (Wildman–Crippen MR) is 117 cm³/mol. The lowest BCUT2D eigenvalue weighted by molar-refractivity contribution is 0.0956. The van der Waals surface area contributed by atoms with E-state index < -0.39 is 0 Å². The van der Waals surface area contributed by atoms with Crippen molar-refractivity contribution in [3.8, 4) is 11.5 Å². The van der Waals surface area contributed by atoms with Gasteiger partial charge >= 0.3 is 0 Å². The smallest absolute Gasteiger partial charge is 0.273 e. The molecule has 3 rings (SSSR count). The molecule has 3 aromatic carbocycles. The first-order valence-electron chi connectivity index (χ1n) is 8.80. The van der Waals surface area contributed by atoms with E-state index in [1.54, 1.807) is 37.4 Å². The molecule has 0 radical (unpaired) electrons. The average molecular weight is 454 g/mol. The summed E-state index contributed by atoms with van der Waals surface area (Å²) >= 11 is 3.51. The number of amides is 1. The van der Waals surface area contributed by atoms with Crippen LogP contribution in [0.25, 0.3) is 0 Å². The minimum atomic E-state index is -0.381. The summed E-state index contributed by atoms with van der Waals surface area (Å²) in [6, 6.07) is 20.3. The molecule has 0 saturated carbocycles. The van der Waals surface area contributed by atoms with Gasteiger partial charge in [-0.15, -0.1) is 0 Å². The van der Waals surface area contributed by atoms with Crippen molar-refractivity contribution in [1.29, 1.82) is 0 Å². The highest BCUT2D eigenvalue weighted by Crippen LogP contribution is 2.36. The second-order valence-corrected chi connectivity index (χ2v) is 6.95. The Morgan fingerprint density at radius 2 is 1.86 bits per heavy atom. The molecule has 6 nitrogen and oxygen atoms in total. The summed E-state index contributed by atoms with van der Waals surface area (Å²) in [6.07, 6.45) is 1.52. The van der Waals surface area contributed by atoms with Crippen molar-refractivity contribution >= 4 is 33.7 Å². The third kappa shape index (κ3) is 5.36. The molecule has 0 fully saturated rings. The van der Waals surface area contributed by atoms with Gasteiger partial charge in [0.25, 0.3) is 5.91 Å². The Morgan fingerprint density at radius 3 is 2.59 bits per heavy atom. The maximum Gasteiger partial charge on any atom is 0.273 e. The van der Waals surface area contributed by atoms with Crippen LogP contribution in [0.15, 0.2) is 76.3 Å². The van der Waals surface area contributed by atoms with Crippen LogP contribution < -0.4 is 20.6 Å². The molecule has 3 aromatic rings. The van der Waals surface area contributed by atoms with Crippen LogP contribution in [-0.2, 0) is 6.61 Å². The molecule has 7 heteroatoms. The van der Waals surface area contributed by atoms with E-state index in [0.29, 0.717) is 33.8 Å². The van der Waals surface area contributed by atoms with Gasteiger partial charge in [-0.25, -0.2) is 5.43 Å². The summed E-state index contributed by atoms with van der Waals surface area (Å²) in [5.74, 6) is 0.762. The van der Waals surface area contributed by atoms with Crippen molar-refractivity contribution in [2.24, 2.45) is 5.10 Å². The summed E-state index contributed by atoms with van der Waals surface area (Å²) in [7, 11) is 1.57. The van der Waals surface area contributed by atoms with Gasteiger partial charge in [-0.05, 0) is 51.3 Å². The molecule has 0 atom stereocenters. The van der Waals surface area contributed by atoms with Crippen molar-refractivity contribution in [3.05, 3.63) is 87.9 Å². The Balaban J connectivity index is 1.70. The van der Waals surface area contributed by atoms with Crippen LogP contribution >= 0.6 is 15.9 Å². The number of halogens is 1. The zero-order valence-corrected chi connectivity index (χ0v) is 17.3. The summed E-state index contributed by atoms with van der Waals surface area (Å²) in [4.78, 5) is 12.2. The van der Waals surface area contributed by atoms with Crippen LogP contribution in [0.5, 0.6) is 11.5 Å². The van der Waals surface area contributed by atoms with E-state index in [9.17, 15) is 4.79 Å². The van der Waals surface area contributed by atoms with E-state index in [1.807, 2.05) is 36.4 Å². The topological polar surface area (TPSA) is 85.9 Å². The number of carbonyl (C=O) groups is 1. The maximum atomic E-state index is 12.2. The molecule has 29 heavy (non-hydrogen) atoms. The van der Waals surface area contributed by atoms with Gasteiger partial charge in [-0.2, -0.15) is 5.10 Å². The Kier molecular flexibility index (Phi) is 6.86. The highest BCUT2D eigenvalue weighted by atomic mass is 79.9. The highest BCUT2D eigenvalue weighted by Gasteiger charge is 2.12. The number of benzene rings is 3. The van der Waals surface area contributed by atoms with Crippen molar-refractivity contribution in [2.75, 3.05) is 12.8 Å². The molecule has 3 N–H and O–H groups in total. The molecular formula is C22H20BrN3O3. The van der Waals surface area contributed by atoms with Crippen LogP contribution in [0.3, 0.4) is 0 Å². The quantitative estimate of drug-likeness (QED) is 0.315. The molecule has 1 amide bonds. The van der Waals surface area contributed by atoms with Crippen LogP contribution in [0.4, 0.5) is 5.69 Å². The molecule has 0 aliphatic carbocycles. The van der Waals surface area contributed by atoms with E-state index in [2.05, 4.69) is 26.5 Å². The molecule has 0 aromatic heterocycles. The second kappa shape index (κ2) is 9.75. The maximum absolute atomic E-state index is 12.2. The summed E-state index contributed by atoms with van der Waals surface area (Å²) in [6.45, 7) is 0.414. The number of hydrazone groups is 1. The summed E-state index contributed by atoms with van der Waals surface area (Å²) in [5, 5.41) is 4.00. The van der Waals surface area contributed by atoms with Gasteiger partial charge in [-0.1, -0.05) is 42.5 Å². The summed E-state index contributed by atoms with van der Waals surface area (Å²) < 4.78 is 12.1. The number of methoxy groups -OCH3 is 1. The van der Waals surface area contributed by atoms with Crippen LogP contribution in [0.2, 0.25) is 0 Å². The van der Waals surface area contributed by atoms with Gasteiger partial charge in [0, 0.05) is 5.69 Å². The monoisotopic (exact) mass is 453 g/mol. The fourth-order valence-electron chi connectivity index (χ4n) is 2.61. The third-order valence-electron chi connectivity index (χ3n) is 4.06. The number of para-hydroxylation sites is 1. The van der Waals surface area contributed by atoms with Gasteiger partial charge in [0.2, 0.25) is 0 Å². The molecule has 0 heterocycles. The van der Waals surface area contributed by atoms with Crippen LogP contribution in [0.1, 0.15) is 21.5 Å². The van der Waals surface area contributed by atoms with Crippen molar-refractivity contribution in [2.45, 2.75) is 6.61 Å². The lowest BCUT2D eigenvalue weighted by atomic mass is 10.2. The van der Waals surface area contributed by atoms with Crippen LogP contribution in [0, 0.1) is 0 Å². The Bertz CT molecular complexity index is 1020. The first kappa shape index (κ1) is 20.4. The largest absolute Gasteiger partial charge is 0.493 e. The molecule has 0 bridgehead atoms. The zero-order valence-electron chi connectivity index (χ0n) is 15.8. The van der Waals surface area contributed by atoms with E-state index in [-0.39, 0.29) is 5.91 Å². The minimum Gasteiger partial charge on any atom is -0.493 e. The van der Waals surface area contributed by atoms with Gasteiger partial charge < -0.3 is 15.2 Å². The SMILES string of the molecule is COc1cc(/C=N/NC(=O)c2ccccc2N)cc(Br)c1OCc1ccccc1. The van der Waals surface area contributed by atoms with Crippen molar-refractivity contribution in [1.82, 2.24) is 5.43 Å². The molecule has 0 spiro atoms. The van der Waals surface area contributed by atoms with Crippen LogP contribution in [-0.4, -0.2) is 19.2 Å². The predicted octanol–water partition coefficient (Wildman–Crippen LogP) is 4.38. The Hall–Kier alpha value is -3.32. The molecule has 148 valence electrons. The first-order chi connectivity index (χ1) is 14.1.